The minimum absolute atomic E-state index is 0.518. The molecular weight excluding hydrogens is 236 g/mol. The molecule has 3 rings (SSSR count). The summed E-state index contributed by atoms with van der Waals surface area (Å²) in [5.41, 5.74) is 1.39. The Morgan fingerprint density at radius 2 is 2.11 bits per heavy atom. The van der Waals surface area contributed by atoms with Crippen LogP contribution in [0.15, 0.2) is 36.7 Å². The monoisotopic (exact) mass is 256 g/mol. The van der Waals surface area contributed by atoms with Gasteiger partial charge in [-0.15, -0.1) is 10.2 Å². The smallest absolute Gasteiger partial charge is 0.136 e. The Morgan fingerprint density at radius 1 is 1.26 bits per heavy atom. The van der Waals surface area contributed by atoms with Crippen molar-refractivity contribution in [3.05, 3.63) is 48.0 Å². The lowest BCUT2D eigenvalue weighted by molar-refractivity contribution is 0.195. The lowest BCUT2D eigenvalue weighted by atomic mass is 9.96. The molecule has 1 aromatic heterocycles. The minimum Gasteiger partial charge on any atom is -0.320 e. The van der Waals surface area contributed by atoms with Gasteiger partial charge < -0.3 is 4.57 Å². The molecule has 0 radical (unpaired) electrons. The Bertz CT molecular complexity index is 520. The molecule has 0 bridgehead atoms. The Kier molecular flexibility index (Phi) is 3.60. The fourth-order valence-electron chi connectivity index (χ4n) is 2.91. The highest BCUT2D eigenvalue weighted by Crippen LogP contribution is 2.25. The molecule has 2 aromatic rings. The van der Waals surface area contributed by atoms with Gasteiger partial charge in [-0.05, 0) is 24.9 Å². The Labute approximate surface area is 114 Å². The third-order valence-electron chi connectivity index (χ3n) is 3.87. The number of hydrogen-bond acceptors (Lipinski definition) is 3. The molecule has 2 heterocycles. The summed E-state index contributed by atoms with van der Waals surface area (Å²) in [6.07, 6.45) is 4.26. The van der Waals surface area contributed by atoms with E-state index in [4.69, 9.17) is 0 Å². The Hall–Kier alpha value is -1.68. The summed E-state index contributed by atoms with van der Waals surface area (Å²) in [6, 6.07) is 10.7. The first-order valence-electron chi connectivity index (χ1n) is 6.93. The molecule has 1 atom stereocenters. The maximum Gasteiger partial charge on any atom is 0.136 e. The van der Waals surface area contributed by atoms with Crippen molar-refractivity contribution in [2.45, 2.75) is 25.3 Å². The fraction of sp³-hybridized carbons (Fsp3) is 0.467. The number of hydrogen-bond donors (Lipinski definition) is 0. The van der Waals surface area contributed by atoms with E-state index in [9.17, 15) is 0 Å². The molecule has 4 heteroatoms. The first-order chi connectivity index (χ1) is 9.33. The van der Waals surface area contributed by atoms with E-state index in [1.54, 1.807) is 6.33 Å². The molecule has 1 saturated heterocycles. The normalized spacial score (nSPS) is 20.6. The molecule has 1 aromatic carbocycles. The van der Waals surface area contributed by atoms with Gasteiger partial charge in [0.25, 0.3) is 0 Å². The third kappa shape index (κ3) is 2.84. The molecule has 1 aliphatic rings. The summed E-state index contributed by atoms with van der Waals surface area (Å²) in [5, 5.41) is 8.27. The lowest BCUT2D eigenvalue weighted by Crippen LogP contribution is -2.34. The highest BCUT2D eigenvalue weighted by molar-refractivity contribution is 5.14. The Morgan fingerprint density at radius 3 is 2.84 bits per heavy atom. The van der Waals surface area contributed by atoms with Crippen molar-refractivity contribution >= 4 is 0 Å². The zero-order valence-electron chi connectivity index (χ0n) is 11.4. The van der Waals surface area contributed by atoms with Crippen LogP contribution in [0.3, 0.4) is 0 Å². The zero-order valence-corrected chi connectivity index (χ0v) is 11.4. The van der Waals surface area contributed by atoms with Crippen molar-refractivity contribution in [3.63, 3.8) is 0 Å². The third-order valence-corrected chi connectivity index (χ3v) is 3.87. The van der Waals surface area contributed by atoms with Gasteiger partial charge >= 0.3 is 0 Å². The summed E-state index contributed by atoms with van der Waals surface area (Å²) in [6.45, 7) is 3.31. The topological polar surface area (TPSA) is 34.0 Å². The Balaban J connectivity index is 1.67. The van der Waals surface area contributed by atoms with Crippen LogP contribution in [0.1, 0.15) is 30.1 Å². The predicted molar refractivity (Wildman–Crippen MR) is 74.7 cm³/mol. The molecule has 19 heavy (non-hydrogen) atoms. The van der Waals surface area contributed by atoms with Crippen molar-refractivity contribution in [2.75, 3.05) is 13.1 Å². The highest BCUT2D eigenvalue weighted by atomic mass is 15.3. The standard InChI is InChI=1S/C15H20N4/c1-18-12-16-17-15(18)14-8-5-9-19(11-14)10-13-6-3-2-4-7-13/h2-4,6-7,12,14H,5,8-11H2,1H3. The largest absolute Gasteiger partial charge is 0.320 e. The molecule has 0 N–H and O–H groups in total. The van der Waals surface area contributed by atoms with Crippen molar-refractivity contribution < 1.29 is 0 Å². The number of nitrogens with zero attached hydrogens (tertiary/aromatic N) is 4. The van der Waals surface area contributed by atoms with Crippen molar-refractivity contribution in [1.82, 2.24) is 19.7 Å². The SMILES string of the molecule is Cn1cnnc1C1CCCN(Cc2ccccc2)C1. The lowest BCUT2D eigenvalue weighted by Gasteiger charge is -2.32. The van der Waals surface area contributed by atoms with E-state index < -0.39 is 0 Å². The summed E-state index contributed by atoms with van der Waals surface area (Å²) in [7, 11) is 2.03. The van der Waals surface area contributed by atoms with Gasteiger partial charge in [0.15, 0.2) is 0 Å². The number of aromatic nitrogens is 3. The highest BCUT2D eigenvalue weighted by Gasteiger charge is 2.24. The summed E-state index contributed by atoms with van der Waals surface area (Å²) < 4.78 is 2.05. The second kappa shape index (κ2) is 5.53. The van der Waals surface area contributed by atoms with Crippen LogP contribution in [-0.2, 0) is 13.6 Å². The van der Waals surface area contributed by atoms with Gasteiger partial charge in [-0.25, -0.2) is 0 Å². The van der Waals surface area contributed by atoms with Crippen LogP contribution in [0.2, 0.25) is 0 Å². The molecule has 0 aliphatic carbocycles. The van der Waals surface area contributed by atoms with Crippen LogP contribution in [0.25, 0.3) is 0 Å². The molecule has 0 saturated carbocycles. The van der Waals surface area contributed by atoms with E-state index >= 15 is 0 Å². The summed E-state index contributed by atoms with van der Waals surface area (Å²) >= 11 is 0. The van der Waals surface area contributed by atoms with Gasteiger partial charge in [-0.3, -0.25) is 4.90 Å². The van der Waals surface area contributed by atoms with Crippen LogP contribution in [0.4, 0.5) is 0 Å². The molecule has 1 aliphatic heterocycles. The van der Waals surface area contributed by atoms with Crippen molar-refractivity contribution in [2.24, 2.45) is 7.05 Å². The van der Waals surface area contributed by atoms with Crippen LogP contribution in [0, 0.1) is 0 Å². The summed E-state index contributed by atoms with van der Waals surface area (Å²) in [5.74, 6) is 1.64. The first-order valence-corrected chi connectivity index (χ1v) is 6.93. The van der Waals surface area contributed by atoms with E-state index in [2.05, 4.69) is 50.0 Å². The number of likely N-dealkylation sites (tertiary alicyclic amines) is 1. The quantitative estimate of drug-likeness (QED) is 0.844. The van der Waals surface area contributed by atoms with Crippen LogP contribution in [0.5, 0.6) is 0 Å². The van der Waals surface area contributed by atoms with Crippen molar-refractivity contribution in [1.29, 1.82) is 0 Å². The second-order valence-electron chi connectivity index (χ2n) is 5.36. The van der Waals surface area contributed by atoms with Gasteiger partial charge in [0.2, 0.25) is 0 Å². The summed E-state index contributed by atoms with van der Waals surface area (Å²) in [4.78, 5) is 2.53. The molecular formula is C15H20N4. The predicted octanol–water partition coefficient (Wildman–Crippen LogP) is 2.19. The number of benzene rings is 1. The molecule has 4 nitrogen and oxygen atoms in total. The maximum atomic E-state index is 4.27. The maximum absolute atomic E-state index is 4.27. The fourth-order valence-corrected chi connectivity index (χ4v) is 2.91. The van der Waals surface area contributed by atoms with Gasteiger partial charge in [-0.2, -0.15) is 0 Å². The van der Waals surface area contributed by atoms with E-state index in [0.29, 0.717) is 5.92 Å². The van der Waals surface area contributed by atoms with Gasteiger partial charge in [-0.1, -0.05) is 30.3 Å². The molecule has 1 unspecified atom stereocenters. The van der Waals surface area contributed by atoms with E-state index in [1.807, 2.05) is 7.05 Å². The second-order valence-corrected chi connectivity index (χ2v) is 5.36. The van der Waals surface area contributed by atoms with Gasteiger partial charge in [0, 0.05) is 26.1 Å². The average molecular weight is 256 g/mol. The zero-order chi connectivity index (χ0) is 13.1. The van der Waals surface area contributed by atoms with E-state index in [0.717, 1.165) is 18.9 Å². The van der Waals surface area contributed by atoms with Crippen LogP contribution < -0.4 is 0 Å². The molecule has 0 spiro atoms. The molecule has 100 valence electrons. The van der Waals surface area contributed by atoms with Gasteiger partial charge in [0.1, 0.15) is 12.2 Å². The minimum atomic E-state index is 0.518. The molecule has 1 fully saturated rings. The average Bonchev–Trinajstić information content (AvgIpc) is 2.86. The number of aryl methyl sites for hydroxylation is 1. The van der Waals surface area contributed by atoms with Crippen molar-refractivity contribution in [3.8, 4) is 0 Å². The van der Waals surface area contributed by atoms with E-state index in [1.165, 1.54) is 24.9 Å². The molecule has 0 amide bonds. The van der Waals surface area contributed by atoms with E-state index in [-0.39, 0.29) is 0 Å². The van der Waals surface area contributed by atoms with Gasteiger partial charge in [0.05, 0.1) is 0 Å². The number of rotatable bonds is 3. The number of piperidine rings is 1. The first kappa shape index (κ1) is 12.4. The van der Waals surface area contributed by atoms with Crippen LogP contribution in [-0.4, -0.2) is 32.8 Å². The van der Waals surface area contributed by atoms with Crippen LogP contribution >= 0.6 is 0 Å².